The molecule has 140 valence electrons. The number of ether oxygens (including phenoxy) is 1. The lowest BCUT2D eigenvalue weighted by atomic mass is 9.85. The normalized spacial score (nSPS) is 17.1. The molecule has 0 aliphatic heterocycles. The van der Waals surface area contributed by atoms with E-state index in [4.69, 9.17) is 0 Å². The number of hydrogen-bond donors (Lipinski definition) is 2. The second-order valence-corrected chi connectivity index (χ2v) is 6.38. The van der Waals surface area contributed by atoms with Crippen LogP contribution < -0.4 is 10.1 Å². The number of rotatable bonds is 7. The number of aromatic nitrogens is 1. The van der Waals surface area contributed by atoms with E-state index in [9.17, 15) is 23.1 Å². The number of carbonyl (C=O) groups is 1. The van der Waals surface area contributed by atoms with E-state index < -0.39 is 24.8 Å². The van der Waals surface area contributed by atoms with Gasteiger partial charge in [0.15, 0.2) is 6.61 Å². The summed E-state index contributed by atoms with van der Waals surface area (Å²) in [6, 6.07) is 2.90. The number of amides is 1. The maximum atomic E-state index is 12.1. The molecule has 1 aromatic heterocycles. The zero-order valence-corrected chi connectivity index (χ0v) is 13.9. The molecule has 1 saturated carbocycles. The number of nitrogens with one attached hydrogen (secondary N) is 1. The third kappa shape index (κ3) is 7.29. The molecule has 5 nitrogen and oxygen atoms in total. The molecule has 1 atom stereocenters. The number of carbonyl (C=O) groups excluding carboxylic acids is 1. The highest BCUT2D eigenvalue weighted by molar-refractivity contribution is 5.80. The average Bonchev–Trinajstić information content (AvgIpc) is 2.58. The molecule has 1 aliphatic rings. The zero-order chi connectivity index (χ0) is 18.3. The van der Waals surface area contributed by atoms with Crippen LogP contribution in [0.5, 0.6) is 5.88 Å². The zero-order valence-electron chi connectivity index (χ0n) is 13.9. The van der Waals surface area contributed by atoms with Gasteiger partial charge < -0.3 is 15.2 Å². The molecule has 0 unspecified atom stereocenters. The van der Waals surface area contributed by atoms with E-state index in [0.717, 1.165) is 25.7 Å². The minimum absolute atomic E-state index is 0.0887. The lowest BCUT2D eigenvalue weighted by molar-refractivity contribution is -0.154. The van der Waals surface area contributed by atoms with Gasteiger partial charge in [-0.25, -0.2) is 4.98 Å². The van der Waals surface area contributed by atoms with Gasteiger partial charge in [-0.15, -0.1) is 0 Å². The van der Waals surface area contributed by atoms with Gasteiger partial charge >= 0.3 is 6.18 Å². The Hall–Kier alpha value is -1.83. The third-order valence-electron chi connectivity index (χ3n) is 4.23. The summed E-state index contributed by atoms with van der Waals surface area (Å²) in [5.41, 5.74) is 0.547. The first-order valence-corrected chi connectivity index (χ1v) is 8.44. The van der Waals surface area contributed by atoms with E-state index >= 15 is 0 Å². The Kier molecular flexibility index (Phi) is 7.04. The highest BCUT2D eigenvalue weighted by Crippen LogP contribution is 2.27. The van der Waals surface area contributed by atoms with E-state index in [1.165, 1.54) is 18.7 Å². The summed E-state index contributed by atoms with van der Waals surface area (Å²) in [4.78, 5) is 15.7. The molecule has 1 aliphatic carbocycles. The van der Waals surface area contributed by atoms with Crippen LogP contribution in [-0.4, -0.2) is 34.9 Å². The fourth-order valence-corrected chi connectivity index (χ4v) is 2.95. The number of nitrogens with zero attached hydrogens (tertiary/aromatic N) is 1. The molecule has 2 N–H and O–H groups in total. The molecule has 1 fully saturated rings. The van der Waals surface area contributed by atoms with Crippen LogP contribution in [-0.2, 0) is 11.3 Å². The first-order valence-electron chi connectivity index (χ1n) is 8.44. The standard InChI is InChI=1S/C17H23F3N2O3/c18-17(19,20)11-25-15-9-13(6-7-21-15)10-22-16(24)14(23)8-12-4-2-1-3-5-12/h6-7,9,12,14,23H,1-5,8,10-11H2,(H,22,24)/t14-/m0/s1. The van der Waals surface area contributed by atoms with Crippen molar-refractivity contribution >= 4 is 5.91 Å². The van der Waals surface area contributed by atoms with Crippen LogP contribution >= 0.6 is 0 Å². The Morgan fingerprint density at radius 3 is 2.76 bits per heavy atom. The fourth-order valence-electron chi connectivity index (χ4n) is 2.95. The number of hydrogen-bond acceptors (Lipinski definition) is 4. The second-order valence-electron chi connectivity index (χ2n) is 6.38. The van der Waals surface area contributed by atoms with E-state index in [1.54, 1.807) is 6.07 Å². The maximum Gasteiger partial charge on any atom is 0.422 e. The van der Waals surface area contributed by atoms with Crippen LogP contribution in [0.2, 0.25) is 0 Å². The summed E-state index contributed by atoms with van der Waals surface area (Å²) in [7, 11) is 0. The summed E-state index contributed by atoms with van der Waals surface area (Å²) in [5, 5.41) is 12.6. The quantitative estimate of drug-likeness (QED) is 0.784. The molecule has 25 heavy (non-hydrogen) atoms. The molecule has 0 saturated heterocycles. The number of aliphatic hydroxyl groups is 1. The largest absolute Gasteiger partial charge is 0.468 e. The lowest BCUT2D eigenvalue weighted by Crippen LogP contribution is -2.35. The Bertz CT molecular complexity index is 560. The highest BCUT2D eigenvalue weighted by Gasteiger charge is 2.28. The van der Waals surface area contributed by atoms with Gasteiger partial charge in [-0.2, -0.15) is 13.2 Å². The van der Waals surface area contributed by atoms with Gasteiger partial charge in [-0.1, -0.05) is 32.1 Å². The third-order valence-corrected chi connectivity index (χ3v) is 4.23. The first-order chi connectivity index (χ1) is 11.8. The van der Waals surface area contributed by atoms with E-state index in [0.29, 0.717) is 17.9 Å². The maximum absolute atomic E-state index is 12.1. The van der Waals surface area contributed by atoms with E-state index in [2.05, 4.69) is 15.0 Å². The van der Waals surface area contributed by atoms with Crippen LogP contribution in [0, 0.1) is 5.92 Å². The number of aliphatic hydroxyl groups excluding tert-OH is 1. The topological polar surface area (TPSA) is 71.5 Å². The van der Waals surface area contributed by atoms with Gasteiger partial charge in [-0.05, 0) is 24.0 Å². The predicted molar refractivity (Wildman–Crippen MR) is 84.8 cm³/mol. The van der Waals surface area contributed by atoms with Gasteiger partial charge in [0.05, 0.1) is 0 Å². The molecule has 2 rings (SSSR count). The first kappa shape index (κ1) is 19.5. The minimum Gasteiger partial charge on any atom is -0.468 e. The molecular formula is C17H23F3N2O3. The molecule has 1 amide bonds. The molecular weight excluding hydrogens is 337 g/mol. The van der Waals surface area contributed by atoms with Gasteiger partial charge in [0.25, 0.3) is 0 Å². The minimum atomic E-state index is -4.44. The fraction of sp³-hybridized carbons (Fsp3) is 0.647. The summed E-state index contributed by atoms with van der Waals surface area (Å²) >= 11 is 0. The molecule has 8 heteroatoms. The van der Waals surface area contributed by atoms with Crippen molar-refractivity contribution in [3.8, 4) is 5.88 Å². The number of pyridine rings is 1. The molecule has 0 spiro atoms. The van der Waals surface area contributed by atoms with Crippen molar-refractivity contribution in [1.82, 2.24) is 10.3 Å². The van der Waals surface area contributed by atoms with Crippen molar-refractivity contribution in [2.24, 2.45) is 5.92 Å². The van der Waals surface area contributed by atoms with Crippen molar-refractivity contribution in [3.05, 3.63) is 23.9 Å². The molecule has 0 aromatic carbocycles. The SMILES string of the molecule is O=C(NCc1ccnc(OCC(F)(F)F)c1)[C@@H](O)CC1CCCCC1. The molecule has 1 aromatic rings. The number of halogens is 3. The number of alkyl halides is 3. The van der Waals surface area contributed by atoms with Crippen LogP contribution in [0.25, 0.3) is 0 Å². The second kappa shape index (κ2) is 9.03. The van der Waals surface area contributed by atoms with Gasteiger partial charge in [0.2, 0.25) is 11.8 Å². The van der Waals surface area contributed by atoms with E-state index in [-0.39, 0.29) is 12.4 Å². The van der Waals surface area contributed by atoms with Gasteiger partial charge in [-0.3, -0.25) is 4.79 Å². The molecule has 0 radical (unpaired) electrons. The Morgan fingerprint density at radius 2 is 2.08 bits per heavy atom. The Labute approximate surface area is 144 Å². The summed E-state index contributed by atoms with van der Waals surface area (Å²) < 4.78 is 41.0. The molecule has 0 bridgehead atoms. The van der Waals surface area contributed by atoms with Crippen LogP contribution in [0.15, 0.2) is 18.3 Å². The Balaban J connectivity index is 1.78. The van der Waals surface area contributed by atoms with Crippen LogP contribution in [0.1, 0.15) is 44.1 Å². The van der Waals surface area contributed by atoms with Gasteiger partial charge in [0, 0.05) is 18.8 Å². The van der Waals surface area contributed by atoms with E-state index in [1.807, 2.05) is 0 Å². The molecule has 1 heterocycles. The lowest BCUT2D eigenvalue weighted by Gasteiger charge is -2.23. The monoisotopic (exact) mass is 360 g/mol. The summed E-state index contributed by atoms with van der Waals surface area (Å²) in [6.45, 7) is -1.33. The summed E-state index contributed by atoms with van der Waals surface area (Å²) in [5.74, 6) is -0.259. The average molecular weight is 360 g/mol. The predicted octanol–water partition coefficient (Wildman–Crippen LogP) is 2.97. The smallest absolute Gasteiger partial charge is 0.422 e. The van der Waals surface area contributed by atoms with Crippen LogP contribution in [0.4, 0.5) is 13.2 Å². The summed E-state index contributed by atoms with van der Waals surface area (Å²) in [6.07, 6.45) is 1.81. The van der Waals surface area contributed by atoms with Gasteiger partial charge in [0.1, 0.15) is 6.10 Å². The van der Waals surface area contributed by atoms with Crippen molar-refractivity contribution in [3.63, 3.8) is 0 Å². The van der Waals surface area contributed by atoms with Crippen molar-refractivity contribution < 1.29 is 27.8 Å². The van der Waals surface area contributed by atoms with Crippen LogP contribution in [0.3, 0.4) is 0 Å². The Morgan fingerprint density at radius 1 is 1.36 bits per heavy atom. The highest BCUT2D eigenvalue weighted by atomic mass is 19.4. The van der Waals surface area contributed by atoms with Crippen molar-refractivity contribution in [2.75, 3.05) is 6.61 Å². The van der Waals surface area contributed by atoms with Crippen molar-refractivity contribution in [2.45, 2.75) is 57.3 Å². The van der Waals surface area contributed by atoms with Crippen molar-refractivity contribution in [1.29, 1.82) is 0 Å².